The standard InChI is InChI=1S/C17H33N3/c1-3-16-11-18-17(8-4-5-9-17)14-20(16)13-15-7-6-10-19(2)12-15/h15-16,18H,3-14H2,1-2H3. The van der Waals surface area contributed by atoms with Gasteiger partial charge in [-0.15, -0.1) is 0 Å². The summed E-state index contributed by atoms with van der Waals surface area (Å²) in [6.07, 6.45) is 9.82. The zero-order valence-corrected chi connectivity index (χ0v) is 13.5. The number of hydrogen-bond donors (Lipinski definition) is 1. The van der Waals surface area contributed by atoms with Gasteiger partial charge in [0, 0.05) is 37.8 Å². The second-order valence-corrected chi connectivity index (χ2v) is 7.63. The second kappa shape index (κ2) is 6.33. The molecular weight excluding hydrogens is 246 g/mol. The minimum absolute atomic E-state index is 0.478. The minimum Gasteiger partial charge on any atom is -0.308 e. The molecule has 1 aliphatic carbocycles. The van der Waals surface area contributed by atoms with Crippen molar-refractivity contribution in [3.8, 4) is 0 Å². The van der Waals surface area contributed by atoms with E-state index in [1.165, 1.54) is 77.7 Å². The van der Waals surface area contributed by atoms with Crippen molar-refractivity contribution in [3.05, 3.63) is 0 Å². The van der Waals surface area contributed by atoms with E-state index >= 15 is 0 Å². The molecule has 2 heterocycles. The molecule has 116 valence electrons. The Labute approximate surface area is 125 Å². The number of nitrogens with one attached hydrogen (secondary N) is 1. The normalized spacial score (nSPS) is 35.7. The lowest BCUT2D eigenvalue weighted by atomic mass is 9.89. The van der Waals surface area contributed by atoms with Gasteiger partial charge in [-0.3, -0.25) is 4.90 Å². The van der Waals surface area contributed by atoms with Gasteiger partial charge in [-0.25, -0.2) is 0 Å². The van der Waals surface area contributed by atoms with Crippen LogP contribution in [0.1, 0.15) is 51.9 Å². The maximum atomic E-state index is 3.92. The van der Waals surface area contributed by atoms with E-state index in [0.29, 0.717) is 5.54 Å². The summed E-state index contributed by atoms with van der Waals surface area (Å²) < 4.78 is 0. The smallest absolute Gasteiger partial charge is 0.0309 e. The first-order valence-corrected chi connectivity index (χ1v) is 8.88. The van der Waals surface area contributed by atoms with E-state index < -0.39 is 0 Å². The molecule has 0 aromatic heterocycles. The highest BCUT2D eigenvalue weighted by molar-refractivity contribution is 5.01. The molecule has 3 heteroatoms. The summed E-state index contributed by atoms with van der Waals surface area (Å²) in [5, 5.41) is 3.92. The third-order valence-electron chi connectivity index (χ3n) is 5.98. The molecule has 2 atom stereocenters. The van der Waals surface area contributed by atoms with Gasteiger partial charge in [0.2, 0.25) is 0 Å². The van der Waals surface area contributed by atoms with Crippen LogP contribution in [0.2, 0.25) is 0 Å². The van der Waals surface area contributed by atoms with E-state index in [-0.39, 0.29) is 0 Å². The Hall–Kier alpha value is -0.120. The van der Waals surface area contributed by atoms with E-state index in [0.717, 1.165) is 12.0 Å². The summed E-state index contributed by atoms with van der Waals surface area (Å²) in [6, 6.07) is 0.772. The number of nitrogens with zero attached hydrogens (tertiary/aromatic N) is 2. The van der Waals surface area contributed by atoms with Crippen molar-refractivity contribution in [2.75, 3.05) is 39.8 Å². The lowest BCUT2D eigenvalue weighted by Crippen LogP contribution is -2.63. The van der Waals surface area contributed by atoms with E-state index in [2.05, 4.69) is 29.1 Å². The molecule has 0 radical (unpaired) electrons. The summed E-state index contributed by atoms with van der Waals surface area (Å²) in [7, 11) is 2.29. The second-order valence-electron chi connectivity index (χ2n) is 7.63. The molecule has 3 aliphatic rings. The van der Waals surface area contributed by atoms with Crippen LogP contribution in [-0.4, -0.2) is 61.2 Å². The van der Waals surface area contributed by atoms with Gasteiger partial charge in [0.1, 0.15) is 0 Å². The highest BCUT2D eigenvalue weighted by Gasteiger charge is 2.41. The molecule has 2 saturated heterocycles. The van der Waals surface area contributed by atoms with E-state index in [1.807, 2.05) is 0 Å². The van der Waals surface area contributed by atoms with Crippen LogP contribution in [0.5, 0.6) is 0 Å². The van der Waals surface area contributed by atoms with Crippen molar-refractivity contribution >= 4 is 0 Å². The fourth-order valence-corrected chi connectivity index (χ4v) is 4.79. The summed E-state index contributed by atoms with van der Waals surface area (Å²) in [4.78, 5) is 5.38. The van der Waals surface area contributed by atoms with Crippen molar-refractivity contribution in [2.24, 2.45) is 5.92 Å². The SMILES string of the molecule is CCC1CNC2(CCCC2)CN1CC1CCCN(C)C1. The molecular formula is C17H33N3. The van der Waals surface area contributed by atoms with Gasteiger partial charge in [0.25, 0.3) is 0 Å². The van der Waals surface area contributed by atoms with Crippen LogP contribution < -0.4 is 5.32 Å². The first kappa shape index (κ1) is 14.8. The third-order valence-corrected chi connectivity index (χ3v) is 5.98. The maximum Gasteiger partial charge on any atom is 0.0309 e. The highest BCUT2D eigenvalue weighted by atomic mass is 15.3. The molecule has 2 unspecified atom stereocenters. The van der Waals surface area contributed by atoms with Crippen molar-refractivity contribution in [1.82, 2.24) is 15.1 Å². The molecule has 0 bridgehead atoms. The molecule has 0 aromatic carbocycles. The monoisotopic (exact) mass is 279 g/mol. The van der Waals surface area contributed by atoms with Crippen molar-refractivity contribution < 1.29 is 0 Å². The summed E-state index contributed by atoms with van der Waals surface area (Å²) in [5.74, 6) is 0.902. The number of likely N-dealkylation sites (tertiary alicyclic amines) is 1. The third kappa shape index (κ3) is 3.20. The van der Waals surface area contributed by atoms with Gasteiger partial charge in [0.15, 0.2) is 0 Å². The van der Waals surface area contributed by atoms with Crippen molar-refractivity contribution in [3.63, 3.8) is 0 Å². The average molecular weight is 279 g/mol. The first-order valence-electron chi connectivity index (χ1n) is 8.88. The summed E-state index contributed by atoms with van der Waals surface area (Å²) in [6.45, 7) is 8.85. The van der Waals surface area contributed by atoms with Crippen LogP contribution in [0, 0.1) is 5.92 Å². The van der Waals surface area contributed by atoms with Crippen LogP contribution in [0.15, 0.2) is 0 Å². The Morgan fingerprint density at radius 1 is 1.20 bits per heavy atom. The van der Waals surface area contributed by atoms with Gasteiger partial charge >= 0.3 is 0 Å². The zero-order valence-electron chi connectivity index (χ0n) is 13.5. The molecule has 3 fully saturated rings. The van der Waals surface area contributed by atoms with E-state index in [4.69, 9.17) is 0 Å². The Morgan fingerprint density at radius 3 is 2.70 bits per heavy atom. The Kier molecular flexibility index (Phi) is 4.68. The predicted molar refractivity (Wildman–Crippen MR) is 85.1 cm³/mol. The van der Waals surface area contributed by atoms with Gasteiger partial charge in [0.05, 0.1) is 0 Å². The molecule has 20 heavy (non-hydrogen) atoms. The van der Waals surface area contributed by atoms with Crippen LogP contribution in [-0.2, 0) is 0 Å². The van der Waals surface area contributed by atoms with Gasteiger partial charge in [-0.05, 0) is 51.6 Å². The fourth-order valence-electron chi connectivity index (χ4n) is 4.79. The molecule has 1 saturated carbocycles. The van der Waals surface area contributed by atoms with Gasteiger partial charge < -0.3 is 10.2 Å². The van der Waals surface area contributed by atoms with Crippen LogP contribution >= 0.6 is 0 Å². The highest BCUT2D eigenvalue weighted by Crippen LogP contribution is 2.34. The minimum atomic E-state index is 0.478. The van der Waals surface area contributed by atoms with Gasteiger partial charge in [-0.1, -0.05) is 19.8 Å². The predicted octanol–water partition coefficient (Wildman–Crippen LogP) is 2.32. The van der Waals surface area contributed by atoms with Crippen molar-refractivity contribution in [2.45, 2.75) is 63.5 Å². The molecule has 0 amide bonds. The Balaban J connectivity index is 1.61. The zero-order chi connectivity index (χ0) is 14.0. The lowest BCUT2D eigenvalue weighted by molar-refractivity contribution is 0.0503. The Bertz CT molecular complexity index is 311. The Morgan fingerprint density at radius 2 is 2.00 bits per heavy atom. The maximum absolute atomic E-state index is 3.92. The molecule has 1 spiro atoms. The first-order chi connectivity index (χ1) is 9.71. The number of hydrogen-bond acceptors (Lipinski definition) is 3. The average Bonchev–Trinajstić information content (AvgIpc) is 2.87. The van der Waals surface area contributed by atoms with Crippen LogP contribution in [0.4, 0.5) is 0 Å². The number of piperidine rings is 1. The molecule has 3 nitrogen and oxygen atoms in total. The summed E-state index contributed by atoms with van der Waals surface area (Å²) in [5.41, 5.74) is 0.478. The number of piperazine rings is 1. The van der Waals surface area contributed by atoms with Crippen LogP contribution in [0.3, 0.4) is 0 Å². The van der Waals surface area contributed by atoms with Gasteiger partial charge in [-0.2, -0.15) is 0 Å². The van der Waals surface area contributed by atoms with E-state index in [1.54, 1.807) is 0 Å². The number of rotatable bonds is 3. The molecule has 3 rings (SSSR count). The summed E-state index contributed by atoms with van der Waals surface area (Å²) >= 11 is 0. The van der Waals surface area contributed by atoms with Crippen molar-refractivity contribution in [1.29, 1.82) is 0 Å². The molecule has 0 aromatic rings. The molecule has 2 aliphatic heterocycles. The van der Waals surface area contributed by atoms with Crippen LogP contribution in [0.25, 0.3) is 0 Å². The lowest BCUT2D eigenvalue weighted by Gasteiger charge is -2.48. The quantitative estimate of drug-likeness (QED) is 0.855. The topological polar surface area (TPSA) is 18.5 Å². The molecule has 1 N–H and O–H groups in total. The largest absolute Gasteiger partial charge is 0.308 e. The fraction of sp³-hybridized carbons (Fsp3) is 1.00. The van der Waals surface area contributed by atoms with E-state index in [9.17, 15) is 0 Å².